The van der Waals surface area contributed by atoms with Gasteiger partial charge in [0.15, 0.2) is 11.5 Å². The fourth-order valence-electron chi connectivity index (χ4n) is 6.01. The number of carbonyl (C=O) groups excluding carboxylic acids is 1. The molecule has 2 aromatic rings. The van der Waals surface area contributed by atoms with Crippen molar-refractivity contribution in [3.63, 3.8) is 0 Å². The molecule has 5 rings (SSSR count). The molecule has 212 valence electrons. The SMILES string of the molecule is COC1CN([C@H]2CC[C@H]([C@@]3(C)Oc4c(C)c(C(=O)NCc5c(SC)cc(C)[nH]c5=O)c(Cl)c(Cl)c4O3)CC2)C1. The number of H-pyrrole nitrogens is 1. The zero-order valence-corrected chi connectivity index (χ0v) is 25.2. The molecule has 3 aliphatic rings. The van der Waals surface area contributed by atoms with Crippen LogP contribution in [0.5, 0.6) is 11.5 Å². The zero-order valence-electron chi connectivity index (χ0n) is 22.9. The maximum Gasteiger partial charge on any atom is 0.254 e. The largest absolute Gasteiger partial charge is 0.448 e. The van der Waals surface area contributed by atoms with Gasteiger partial charge in [0.05, 0.1) is 16.7 Å². The first kappa shape index (κ1) is 28.6. The number of ether oxygens (including phenoxy) is 3. The standard InChI is InChI=1S/C28H35Cl2N3O5S/c1-14-10-20(39-5)19(26(34)32-14)11-31-27(35)21-15(2)24-25(23(30)22(21)29)38-28(3,37-24)16-6-8-17(9-7-16)33-12-18(13-33)36-4/h10,16-18H,6-9,11-13H2,1-5H3,(H,31,35)(H,32,34)/t16-,17-,28-/m0/s1. The predicted molar refractivity (Wildman–Crippen MR) is 154 cm³/mol. The van der Waals surface area contributed by atoms with Gasteiger partial charge >= 0.3 is 0 Å². The van der Waals surface area contributed by atoms with Gasteiger partial charge in [0, 0.05) is 67.3 Å². The Labute approximate surface area is 243 Å². The number of nitrogens with zero attached hydrogens (tertiary/aromatic N) is 1. The Kier molecular flexibility index (Phi) is 8.19. The van der Waals surface area contributed by atoms with Crippen LogP contribution in [0.2, 0.25) is 10.0 Å². The number of fused-ring (bicyclic) bond motifs is 1. The molecule has 0 spiro atoms. The maximum atomic E-state index is 13.3. The first-order chi connectivity index (χ1) is 18.6. The van der Waals surface area contributed by atoms with Crippen LogP contribution in [-0.4, -0.2) is 60.2 Å². The Bertz CT molecular complexity index is 1340. The summed E-state index contributed by atoms with van der Waals surface area (Å²) in [7, 11) is 1.77. The van der Waals surface area contributed by atoms with Crippen LogP contribution in [-0.2, 0) is 11.3 Å². The van der Waals surface area contributed by atoms with Crippen molar-refractivity contribution in [3.8, 4) is 11.5 Å². The van der Waals surface area contributed by atoms with Gasteiger partial charge in [-0.1, -0.05) is 23.2 Å². The van der Waals surface area contributed by atoms with Gasteiger partial charge in [0.2, 0.25) is 0 Å². The molecule has 2 N–H and O–H groups in total. The highest BCUT2D eigenvalue weighted by atomic mass is 35.5. The molecule has 39 heavy (non-hydrogen) atoms. The van der Waals surface area contributed by atoms with Gasteiger partial charge in [0.1, 0.15) is 5.02 Å². The van der Waals surface area contributed by atoms with E-state index in [0.717, 1.165) is 49.4 Å². The summed E-state index contributed by atoms with van der Waals surface area (Å²) in [5.41, 5.74) is 1.79. The lowest BCUT2D eigenvalue weighted by Crippen LogP contribution is -2.57. The molecule has 8 nitrogen and oxygen atoms in total. The minimum atomic E-state index is -0.896. The number of aryl methyl sites for hydroxylation is 1. The van der Waals surface area contributed by atoms with Crippen LogP contribution in [0.3, 0.4) is 0 Å². The molecule has 1 aliphatic carbocycles. The number of rotatable bonds is 7. The minimum absolute atomic E-state index is 0.0511. The summed E-state index contributed by atoms with van der Waals surface area (Å²) in [6.07, 6.45) is 6.30. The van der Waals surface area contributed by atoms with E-state index in [-0.39, 0.29) is 33.6 Å². The summed E-state index contributed by atoms with van der Waals surface area (Å²) in [6, 6.07) is 2.44. The highest BCUT2D eigenvalue weighted by molar-refractivity contribution is 7.98. The van der Waals surface area contributed by atoms with Crippen LogP contribution in [0, 0.1) is 19.8 Å². The number of aromatic nitrogens is 1. The maximum absolute atomic E-state index is 13.3. The molecule has 11 heteroatoms. The van der Waals surface area contributed by atoms with E-state index >= 15 is 0 Å². The van der Waals surface area contributed by atoms with Gasteiger partial charge in [-0.3, -0.25) is 14.5 Å². The Morgan fingerprint density at radius 2 is 1.85 bits per heavy atom. The normalized spacial score (nSPS) is 25.0. The molecule has 0 unspecified atom stereocenters. The topological polar surface area (TPSA) is 92.9 Å². The van der Waals surface area contributed by atoms with E-state index in [1.807, 2.05) is 26.2 Å². The molecule has 3 heterocycles. The Morgan fingerprint density at radius 3 is 2.49 bits per heavy atom. The number of amides is 1. The third kappa shape index (κ3) is 5.28. The lowest BCUT2D eigenvalue weighted by atomic mass is 9.80. The summed E-state index contributed by atoms with van der Waals surface area (Å²) in [5.74, 6) is -0.332. The second-order valence-electron chi connectivity index (χ2n) is 10.8. The highest BCUT2D eigenvalue weighted by Gasteiger charge is 2.49. The number of aromatic amines is 1. The van der Waals surface area contributed by atoms with E-state index in [2.05, 4.69) is 15.2 Å². The summed E-state index contributed by atoms with van der Waals surface area (Å²) >= 11 is 14.7. The number of nitrogens with one attached hydrogen (secondary N) is 2. The van der Waals surface area contributed by atoms with Crippen LogP contribution in [0.15, 0.2) is 15.8 Å². The quantitative estimate of drug-likeness (QED) is 0.418. The molecule has 1 atom stereocenters. The van der Waals surface area contributed by atoms with Crippen LogP contribution in [0.1, 0.15) is 59.8 Å². The van der Waals surface area contributed by atoms with Gasteiger partial charge in [-0.2, -0.15) is 0 Å². The van der Waals surface area contributed by atoms with Crippen molar-refractivity contribution in [1.82, 2.24) is 15.2 Å². The number of halogens is 2. The number of hydrogen-bond donors (Lipinski definition) is 2. The van der Waals surface area contributed by atoms with Crippen molar-refractivity contribution in [2.24, 2.45) is 5.92 Å². The molecule has 0 radical (unpaired) electrons. The Morgan fingerprint density at radius 1 is 1.18 bits per heavy atom. The lowest BCUT2D eigenvalue weighted by Gasteiger charge is -2.47. The van der Waals surface area contributed by atoms with Crippen molar-refractivity contribution in [3.05, 3.63) is 48.8 Å². The van der Waals surface area contributed by atoms with E-state index in [4.69, 9.17) is 37.4 Å². The van der Waals surface area contributed by atoms with Crippen LogP contribution < -0.4 is 20.3 Å². The van der Waals surface area contributed by atoms with E-state index in [0.29, 0.717) is 34.8 Å². The van der Waals surface area contributed by atoms with Gasteiger partial charge in [-0.15, -0.1) is 11.8 Å². The zero-order chi connectivity index (χ0) is 28.1. The summed E-state index contributed by atoms with van der Waals surface area (Å²) in [5, 5.41) is 3.11. The molecule has 1 saturated heterocycles. The number of pyridine rings is 1. The molecule has 1 aromatic heterocycles. The van der Waals surface area contributed by atoms with E-state index < -0.39 is 11.7 Å². The number of thioether (sulfide) groups is 1. The fraction of sp³-hybridized carbons (Fsp3) is 0.571. The Hall–Kier alpha value is -1.91. The third-order valence-electron chi connectivity index (χ3n) is 8.41. The van der Waals surface area contributed by atoms with Crippen molar-refractivity contribution in [2.75, 3.05) is 26.5 Å². The van der Waals surface area contributed by atoms with Crippen molar-refractivity contribution in [1.29, 1.82) is 0 Å². The van der Waals surface area contributed by atoms with Gasteiger partial charge in [0.25, 0.3) is 17.3 Å². The van der Waals surface area contributed by atoms with E-state index in [1.165, 1.54) is 11.8 Å². The molecular weight excluding hydrogens is 561 g/mol. The van der Waals surface area contributed by atoms with E-state index in [9.17, 15) is 9.59 Å². The summed E-state index contributed by atoms with van der Waals surface area (Å²) in [4.78, 5) is 32.0. The highest BCUT2D eigenvalue weighted by Crippen LogP contribution is 2.54. The molecule has 0 bridgehead atoms. The fourth-order valence-corrected chi connectivity index (χ4v) is 7.25. The molecule has 1 aromatic carbocycles. The van der Waals surface area contributed by atoms with Crippen LogP contribution in [0.25, 0.3) is 0 Å². The number of methoxy groups -OCH3 is 1. The number of benzene rings is 1. The van der Waals surface area contributed by atoms with Gasteiger partial charge in [-0.05, 0) is 51.9 Å². The molecule has 2 aliphatic heterocycles. The second-order valence-corrected chi connectivity index (χ2v) is 12.4. The average Bonchev–Trinajstić information content (AvgIpc) is 3.25. The molecule has 1 amide bonds. The van der Waals surface area contributed by atoms with Crippen molar-refractivity contribution in [2.45, 2.75) is 75.8 Å². The first-order valence-corrected chi connectivity index (χ1v) is 15.3. The lowest BCUT2D eigenvalue weighted by molar-refractivity contribution is -0.130. The predicted octanol–water partition coefficient (Wildman–Crippen LogP) is 5.33. The second kappa shape index (κ2) is 11.2. The number of hydrogen-bond acceptors (Lipinski definition) is 7. The first-order valence-electron chi connectivity index (χ1n) is 13.3. The average molecular weight is 597 g/mol. The molecule has 1 saturated carbocycles. The van der Waals surface area contributed by atoms with Gasteiger partial charge in [-0.25, -0.2) is 0 Å². The number of carbonyl (C=O) groups is 1. The van der Waals surface area contributed by atoms with Crippen molar-refractivity contribution < 1.29 is 19.0 Å². The molecular formula is C28H35Cl2N3O5S. The number of likely N-dealkylation sites (tertiary alicyclic amines) is 1. The van der Waals surface area contributed by atoms with Gasteiger partial charge < -0.3 is 24.5 Å². The molecule has 2 fully saturated rings. The van der Waals surface area contributed by atoms with E-state index in [1.54, 1.807) is 14.0 Å². The van der Waals surface area contributed by atoms with Crippen LogP contribution in [0.4, 0.5) is 0 Å². The monoisotopic (exact) mass is 595 g/mol. The van der Waals surface area contributed by atoms with Crippen molar-refractivity contribution >= 4 is 40.9 Å². The smallest absolute Gasteiger partial charge is 0.254 e. The summed E-state index contributed by atoms with van der Waals surface area (Å²) in [6.45, 7) is 7.59. The third-order valence-corrected chi connectivity index (χ3v) is 10.0. The van der Waals surface area contributed by atoms with Crippen LogP contribution >= 0.6 is 35.0 Å². The summed E-state index contributed by atoms with van der Waals surface area (Å²) < 4.78 is 18.2. The minimum Gasteiger partial charge on any atom is -0.448 e. The Balaban J connectivity index is 1.31.